The molecule has 5 heterocycles. The lowest BCUT2D eigenvalue weighted by atomic mass is 9.89. The number of alkyl halides is 1. The molecule has 1 amide bonds. The Morgan fingerprint density at radius 3 is 2.71 bits per heavy atom. The summed E-state index contributed by atoms with van der Waals surface area (Å²) in [5.41, 5.74) is -1.36. The lowest BCUT2D eigenvalue weighted by molar-refractivity contribution is -0.119. The Bertz CT molecular complexity index is 1370. The molecule has 0 radical (unpaired) electrons. The molecule has 6 rings (SSSR count). The first kappa shape index (κ1) is 30.0. The third-order valence-corrected chi connectivity index (χ3v) is 10.2. The number of carbonyl (C=O) groups is 1. The van der Waals surface area contributed by atoms with Crippen LogP contribution in [0, 0.1) is 5.82 Å². The van der Waals surface area contributed by atoms with Crippen molar-refractivity contribution >= 4 is 50.3 Å². The number of anilines is 1. The van der Waals surface area contributed by atoms with Gasteiger partial charge < -0.3 is 24.0 Å². The molecule has 13 heteroatoms. The number of carbonyl (C=O) groups excluding carboxylic acids is 1. The largest absolute Gasteiger partial charge is 0.461 e. The zero-order chi connectivity index (χ0) is 29.9. The van der Waals surface area contributed by atoms with E-state index in [1.807, 2.05) is 20.8 Å². The molecular weight excluding hydrogens is 636 g/mol. The normalized spacial score (nSPS) is 26.2. The maximum Gasteiger partial charge on any atom is 0.410 e. The molecule has 4 aliphatic rings. The fourth-order valence-electron chi connectivity index (χ4n) is 6.85. The molecule has 42 heavy (non-hydrogen) atoms. The first-order chi connectivity index (χ1) is 19.9. The number of rotatable bonds is 4. The summed E-state index contributed by atoms with van der Waals surface area (Å²) in [6.07, 6.45) is 2.30. The van der Waals surface area contributed by atoms with Crippen molar-refractivity contribution in [3.05, 3.63) is 21.4 Å². The van der Waals surface area contributed by atoms with E-state index in [1.165, 1.54) is 0 Å². The Morgan fingerprint density at radius 1 is 1.21 bits per heavy atom. The molecule has 4 aliphatic heterocycles. The standard InChI is InChI=1S/C29H37BrClF2N5O4/c1-27(2,3)42-26(39)37-11-12-41-29(16-37)6-9-36(10-7-29)24-19-13-20(31)21(30)22(33)23(19)34-25(35-24)40-17-28-5-4-8-38(28)15-18(32)14-28/h13,18H,4-12,14-17H2,1-3H3/t18-,28+/m1/s1. The van der Waals surface area contributed by atoms with Crippen molar-refractivity contribution in [2.45, 2.75) is 75.8 Å². The van der Waals surface area contributed by atoms with Gasteiger partial charge in [-0.15, -0.1) is 0 Å². The van der Waals surface area contributed by atoms with Crippen molar-refractivity contribution in [1.82, 2.24) is 19.8 Å². The Labute approximate surface area is 257 Å². The van der Waals surface area contributed by atoms with E-state index in [9.17, 15) is 9.18 Å². The summed E-state index contributed by atoms with van der Waals surface area (Å²) < 4.78 is 47.9. The van der Waals surface area contributed by atoms with Gasteiger partial charge in [0.05, 0.1) is 33.8 Å². The molecule has 4 fully saturated rings. The van der Waals surface area contributed by atoms with E-state index in [1.54, 1.807) is 11.0 Å². The molecule has 0 bridgehead atoms. The van der Waals surface area contributed by atoms with Crippen molar-refractivity contribution in [3.8, 4) is 6.01 Å². The van der Waals surface area contributed by atoms with E-state index in [-0.39, 0.29) is 39.3 Å². The van der Waals surface area contributed by atoms with Gasteiger partial charge >= 0.3 is 12.1 Å². The van der Waals surface area contributed by atoms with E-state index >= 15 is 4.39 Å². The number of aromatic nitrogens is 2. The van der Waals surface area contributed by atoms with Crippen LogP contribution in [0.15, 0.2) is 10.5 Å². The summed E-state index contributed by atoms with van der Waals surface area (Å²) in [5.74, 6) is -0.0676. The molecule has 0 aliphatic carbocycles. The number of piperidine rings is 1. The highest BCUT2D eigenvalue weighted by Crippen LogP contribution is 2.42. The first-order valence-corrected chi connectivity index (χ1v) is 15.8. The van der Waals surface area contributed by atoms with Crippen molar-refractivity contribution in [2.75, 3.05) is 57.4 Å². The highest BCUT2D eigenvalue weighted by Gasteiger charge is 2.49. The number of nitrogens with zero attached hydrogens (tertiary/aromatic N) is 5. The summed E-state index contributed by atoms with van der Waals surface area (Å²) in [6.45, 7) is 9.53. The number of amides is 1. The molecule has 0 unspecified atom stereocenters. The SMILES string of the molecule is CC(C)(C)OC(=O)N1CCOC2(CCN(c3nc(OC[C@@]45CCCN4C[C@H](F)C5)nc4c(F)c(Br)c(Cl)cc34)CC2)C1. The Kier molecular flexibility index (Phi) is 7.98. The van der Waals surface area contributed by atoms with Crippen LogP contribution in [0.1, 0.15) is 52.9 Å². The molecule has 0 saturated carbocycles. The summed E-state index contributed by atoms with van der Waals surface area (Å²) in [5, 5.41) is 0.699. The zero-order valence-corrected chi connectivity index (χ0v) is 26.6. The van der Waals surface area contributed by atoms with Gasteiger partial charge in [-0.2, -0.15) is 9.97 Å². The Hall–Kier alpha value is -2.02. The van der Waals surface area contributed by atoms with Gasteiger partial charge in [0, 0.05) is 38.0 Å². The molecule has 4 saturated heterocycles. The average molecular weight is 673 g/mol. The van der Waals surface area contributed by atoms with Gasteiger partial charge in [0.15, 0.2) is 5.82 Å². The van der Waals surface area contributed by atoms with Crippen molar-refractivity contribution in [3.63, 3.8) is 0 Å². The highest BCUT2D eigenvalue weighted by atomic mass is 79.9. The molecule has 2 atom stereocenters. The molecular formula is C29H37BrClF2N5O4. The van der Waals surface area contributed by atoms with E-state index in [4.69, 9.17) is 30.8 Å². The molecule has 1 aromatic heterocycles. The van der Waals surface area contributed by atoms with Crippen LogP contribution in [0.4, 0.5) is 19.4 Å². The predicted molar refractivity (Wildman–Crippen MR) is 159 cm³/mol. The number of benzene rings is 1. The number of fused-ring (bicyclic) bond motifs is 2. The van der Waals surface area contributed by atoms with Gasteiger partial charge in [-0.1, -0.05) is 11.6 Å². The Balaban J connectivity index is 1.24. The van der Waals surface area contributed by atoms with Crippen molar-refractivity contribution in [2.24, 2.45) is 0 Å². The summed E-state index contributed by atoms with van der Waals surface area (Å²) in [4.78, 5) is 27.9. The summed E-state index contributed by atoms with van der Waals surface area (Å²) in [7, 11) is 0. The van der Waals surface area contributed by atoms with Crippen LogP contribution in [-0.2, 0) is 9.47 Å². The number of morpholine rings is 1. The van der Waals surface area contributed by atoms with Crippen molar-refractivity contribution < 1.29 is 27.8 Å². The van der Waals surface area contributed by atoms with Crippen LogP contribution in [-0.4, -0.2) is 101 Å². The average Bonchev–Trinajstić information content (AvgIpc) is 3.46. The molecule has 0 N–H and O–H groups in total. The smallest absolute Gasteiger partial charge is 0.410 e. The van der Waals surface area contributed by atoms with Crippen molar-refractivity contribution in [1.29, 1.82) is 0 Å². The number of hydrogen-bond donors (Lipinski definition) is 0. The second kappa shape index (κ2) is 11.2. The topological polar surface area (TPSA) is 80.3 Å². The van der Waals surface area contributed by atoms with E-state index in [0.29, 0.717) is 69.8 Å². The van der Waals surface area contributed by atoms with E-state index in [0.717, 1.165) is 19.4 Å². The van der Waals surface area contributed by atoms with E-state index in [2.05, 4.69) is 30.7 Å². The number of hydrogen-bond acceptors (Lipinski definition) is 8. The minimum atomic E-state index is -0.883. The quantitative estimate of drug-likeness (QED) is 0.381. The van der Waals surface area contributed by atoms with Gasteiger partial charge in [0.1, 0.15) is 29.7 Å². The minimum Gasteiger partial charge on any atom is -0.461 e. The van der Waals surface area contributed by atoms with Gasteiger partial charge in [0.25, 0.3) is 0 Å². The third-order valence-electron chi connectivity index (χ3n) is 8.89. The minimum absolute atomic E-state index is 0.0551. The molecule has 1 aromatic carbocycles. The maximum absolute atomic E-state index is 15.5. The molecule has 2 aromatic rings. The van der Waals surface area contributed by atoms with Crippen LogP contribution >= 0.6 is 27.5 Å². The van der Waals surface area contributed by atoms with Crippen LogP contribution in [0.2, 0.25) is 5.02 Å². The Morgan fingerprint density at radius 2 is 1.98 bits per heavy atom. The lowest BCUT2D eigenvalue weighted by Gasteiger charge is -2.47. The highest BCUT2D eigenvalue weighted by molar-refractivity contribution is 9.10. The molecule has 1 spiro atoms. The maximum atomic E-state index is 15.5. The van der Waals surface area contributed by atoms with E-state index < -0.39 is 23.2 Å². The first-order valence-electron chi connectivity index (χ1n) is 14.6. The summed E-state index contributed by atoms with van der Waals surface area (Å²) >= 11 is 9.60. The monoisotopic (exact) mass is 671 g/mol. The molecule has 9 nitrogen and oxygen atoms in total. The van der Waals surface area contributed by atoms with Gasteiger partial charge in [-0.25, -0.2) is 13.6 Å². The van der Waals surface area contributed by atoms with Crippen LogP contribution in [0.3, 0.4) is 0 Å². The fraction of sp³-hybridized carbons (Fsp3) is 0.690. The van der Waals surface area contributed by atoms with Gasteiger partial charge in [-0.05, 0) is 75.0 Å². The van der Waals surface area contributed by atoms with Crippen LogP contribution in [0.5, 0.6) is 6.01 Å². The fourth-order valence-corrected chi connectivity index (χ4v) is 7.34. The predicted octanol–water partition coefficient (Wildman–Crippen LogP) is 5.75. The number of ether oxygens (including phenoxy) is 3. The number of halogens is 4. The lowest BCUT2D eigenvalue weighted by Crippen LogP contribution is -2.58. The van der Waals surface area contributed by atoms with Gasteiger partial charge in [0.2, 0.25) is 0 Å². The molecule has 230 valence electrons. The second-order valence-electron chi connectivity index (χ2n) is 13.0. The zero-order valence-electron chi connectivity index (χ0n) is 24.2. The third kappa shape index (κ3) is 5.76. The van der Waals surface area contributed by atoms with Gasteiger partial charge in [-0.3, -0.25) is 4.90 Å². The van der Waals surface area contributed by atoms with Crippen LogP contribution in [0.25, 0.3) is 10.9 Å². The van der Waals surface area contributed by atoms with Crippen LogP contribution < -0.4 is 9.64 Å². The second-order valence-corrected chi connectivity index (χ2v) is 14.2. The summed E-state index contributed by atoms with van der Waals surface area (Å²) in [6, 6.07) is 1.72.